The van der Waals surface area contributed by atoms with Crippen molar-refractivity contribution in [3.05, 3.63) is 105 Å². The summed E-state index contributed by atoms with van der Waals surface area (Å²) in [5.41, 5.74) is 7.75. The number of rotatable bonds is 9. The predicted molar refractivity (Wildman–Crippen MR) is 135 cm³/mol. The number of carbonyl (C=O) groups is 1. The van der Waals surface area contributed by atoms with E-state index in [2.05, 4.69) is 13.0 Å². The number of non-ortho nitro benzene ring substituents is 1. The Bertz CT molecular complexity index is 1370. The summed E-state index contributed by atoms with van der Waals surface area (Å²) in [5, 5.41) is 20.7. The standard InChI is InChI=1S/C28H25N3O6/c1-2-3-4-15-35-21-11-7-19(8-12-21)28(32)36-22-13-14-23-25(16-22)37-27(30)24(17-29)26(23)18-5-9-20(10-6-18)31(33)34/h5-14,16,26H,2-4,15,30H2,1H3. The van der Waals surface area contributed by atoms with Crippen LogP contribution in [-0.2, 0) is 0 Å². The van der Waals surface area contributed by atoms with E-state index in [0.29, 0.717) is 34.8 Å². The molecule has 1 atom stereocenters. The van der Waals surface area contributed by atoms with Crippen LogP contribution in [0.25, 0.3) is 0 Å². The number of nitro groups is 1. The van der Waals surface area contributed by atoms with Crippen LogP contribution in [0.4, 0.5) is 5.69 Å². The zero-order valence-electron chi connectivity index (χ0n) is 20.2. The second kappa shape index (κ2) is 11.3. The van der Waals surface area contributed by atoms with Crippen LogP contribution >= 0.6 is 0 Å². The summed E-state index contributed by atoms with van der Waals surface area (Å²) in [4.78, 5) is 23.2. The Kier molecular flexibility index (Phi) is 7.69. The van der Waals surface area contributed by atoms with Gasteiger partial charge in [-0.2, -0.15) is 5.26 Å². The molecule has 0 amide bonds. The topological polar surface area (TPSA) is 138 Å². The first-order valence-electron chi connectivity index (χ1n) is 11.8. The molecule has 4 rings (SSSR count). The van der Waals surface area contributed by atoms with Crippen LogP contribution in [0.3, 0.4) is 0 Å². The maximum atomic E-state index is 12.7. The number of allylic oxidation sites excluding steroid dienone is 1. The Morgan fingerprint density at radius 3 is 2.43 bits per heavy atom. The third-order valence-electron chi connectivity index (χ3n) is 5.94. The van der Waals surface area contributed by atoms with Crippen molar-refractivity contribution in [3.63, 3.8) is 0 Å². The van der Waals surface area contributed by atoms with E-state index in [1.165, 1.54) is 18.2 Å². The molecule has 1 aliphatic rings. The van der Waals surface area contributed by atoms with E-state index in [9.17, 15) is 20.2 Å². The molecule has 37 heavy (non-hydrogen) atoms. The van der Waals surface area contributed by atoms with Gasteiger partial charge in [0.2, 0.25) is 5.88 Å². The summed E-state index contributed by atoms with van der Waals surface area (Å²) in [6.07, 6.45) is 3.19. The molecule has 0 radical (unpaired) electrons. The Morgan fingerprint density at radius 1 is 1.08 bits per heavy atom. The lowest BCUT2D eigenvalue weighted by atomic mass is 9.83. The minimum absolute atomic E-state index is 0.0650. The Labute approximate surface area is 213 Å². The minimum atomic E-state index is -0.593. The number of carbonyl (C=O) groups excluding carboxylic acids is 1. The van der Waals surface area contributed by atoms with Crippen molar-refractivity contribution >= 4 is 11.7 Å². The number of esters is 1. The lowest BCUT2D eigenvalue weighted by Gasteiger charge is -2.26. The van der Waals surface area contributed by atoms with Crippen LogP contribution in [0.5, 0.6) is 17.2 Å². The van der Waals surface area contributed by atoms with E-state index in [1.807, 2.05) is 0 Å². The molecule has 9 nitrogen and oxygen atoms in total. The molecule has 1 heterocycles. The van der Waals surface area contributed by atoms with Gasteiger partial charge in [0.25, 0.3) is 5.69 Å². The Balaban J connectivity index is 1.52. The van der Waals surface area contributed by atoms with Gasteiger partial charge in [0.05, 0.1) is 23.0 Å². The number of ether oxygens (including phenoxy) is 3. The minimum Gasteiger partial charge on any atom is -0.494 e. The van der Waals surface area contributed by atoms with Gasteiger partial charge >= 0.3 is 5.97 Å². The van der Waals surface area contributed by atoms with E-state index < -0.39 is 16.8 Å². The molecule has 0 aromatic heterocycles. The fraction of sp³-hybridized carbons (Fsp3) is 0.214. The number of hydrogen-bond donors (Lipinski definition) is 1. The van der Waals surface area contributed by atoms with E-state index in [0.717, 1.165) is 19.3 Å². The van der Waals surface area contributed by atoms with Gasteiger partial charge in [-0.15, -0.1) is 0 Å². The number of nitro benzene ring substituents is 1. The lowest BCUT2D eigenvalue weighted by molar-refractivity contribution is -0.384. The van der Waals surface area contributed by atoms with Crippen LogP contribution in [0, 0.1) is 21.4 Å². The highest BCUT2D eigenvalue weighted by molar-refractivity contribution is 5.91. The zero-order chi connectivity index (χ0) is 26.4. The molecular formula is C28H25N3O6. The van der Waals surface area contributed by atoms with Crippen molar-refractivity contribution in [1.82, 2.24) is 0 Å². The molecule has 3 aromatic rings. The predicted octanol–water partition coefficient (Wildman–Crippen LogP) is 5.60. The highest BCUT2D eigenvalue weighted by atomic mass is 16.6. The van der Waals surface area contributed by atoms with Crippen molar-refractivity contribution in [3.8, 4) is 23.3 Å². The summed E-state index contributed by atoms with van der Waals surface area (Å²) in [6, 6.07) is 19.5. The smallest absolute Gasteiger partial charge is 0.343 e. The summed E-state index contributed by atoms with van der Waals surface area (Å²) in [7, 11) is 0. The normalized spacial score (nSPS) is 14.2. The fourth-order valence-corrected chi connectivity index (χ4v) is 4.03. The molecule has 0 saturated heterocycles. The highest BCUT2D eigenvalue weighted by Gasteiger charge is 2.31. The zero-order valence-corrected chi connectivity index (χ0v) is 20.2. The quantitative estimate of drug-likeness (QED) is 0.132. The van der Waals surface area contributed by atoms with Crippen LogP contribution in [-0.4, -0.2) is 17.5 Å². The fourth-order valence-electron chi connectivity index (χ4n) is 4.03. The molecule has 1 aliphatic heterocycles. The van der Waals surface area contributed by atoms with Gasteiger partial charge in [0.15, 0.2) is 0 Å². The van der Waals surface area contributed by atoms with Crippen molar-refractivity contribution < 1.29 is 23.9 Å². The molecule has 1 unspecified atom stereocenters. The summed E-state index contributed by atoms with van der Waals surface area (Å²) < 4.78 is 16.9. The monoisotopic (exact) mass is 499 g/mol. The van der Waals surface area contributed by atoms with Gasteiger partial charge in [-0.1, -0.05) is 38.0 Å². The maximum absolute atomic E-state index is 12.7. The van der Waals surface area contributed by atoms with E-state index in [-0.39, 0.29) is 22.9 Å². The third kappa shape index (κ3) is 5.70. The number of benzene rings is 3. The number of nitriles is 1. The molecule has 188 valence electrons. The first-order valence-corrected chi connectivity index (χ1v) is 11.8. The summed E-state index contributed by atoms with van der Waals surface area (Å²) >= 11 is 0. The largest absolute Gasteiger partial charge is 0.494 e. The van der Waals surface area contributed by atoms with Gasteiger partial charge in [0, 0.05) is 23.8 Å². The average molecular weight is 500 g/mol. The SMILES string of the molecule is CCCCCOc1ccc(C(=O)Oc2ccc3c(c2)OC(N)=C(C#N)C3c2ccc([N+](=O)[O-])cc2)cc1. The highest BCUT2D eigenvalue weighted by Crippen LogP contribution is 2.43. The van der Waals surface area contributed by atoms with Crippen molar-refractivity contribution in [2.24, 2.45) is 5.73 Å². The molecule has 0 fully saturated rings. The van der Waals surface area contributed by atoms with Gasteiger partial charge in [0.1, 0.15) is 28.9 Å². The molecular weight excluding hydrogens is 474 g/mol. The van der Waals surface area contributed by atoms with E-state index >= 15 is 0 Å². The average Bonchev–Trinajstić information content (AvgIpc) is 2.90. The third-order valence-corrected chi connectivity index (χ3v) is 5.94. The number of fused-ring (bicyclic) bond motifs is 1. The van der Waals surface area contributed by atoms with Crippen LogP contribution < -0.4 is 19.9 Å². The van der Waals surface area contributed by atoms with E-state index in [4.69, 9.17) is 19.9 Å². The van der Waals surface area contributed by atoms with Crippen LogP contribution in [0.15, 0.2) is 78.2 Å². The number of hydrogen-bond acceptors (Lipinski definition) is 8. The maximum Gasteiger partial charge on any atom is 0.343 e. The van der Waals surface area contributed by atoms with Gasteiger partial charge in [-0.3, -0.25) is 10.1 Å². The van der Waals surface area contributed by atoms with Crippen LogP contribution in [0.1, 0.15) is 53.6 Å². The van der Waals surface area contributed by atoms with Crippen molar-refractivity contribution in [2.45, 2.75) is 32.1 Å². The Morgan fingerprint density at radius 2 is 1.78 bits per heavy atom. The number of unbranched alkanes of at least 4 members (excludes halogenated alkanes) is 2. The molecule has 0 bridgehead atoms. The molecule has 0 spiro atoms. The second-order valence-corrected chi connectivity index (χ2v) is 8.44. The van der Waals surface area contributed by atoms with Gasteiger partial charge < -0.3 is 19.9 Å². The van der Waals surface area contributed by atoms with E-state index in [1.54, 1.807) is 48.5 Å². The molecule has 2 N–H and O–H groups in total. The number of nitrogens with two attached hydrogens (primary N) is 1. The van der Waals surface area contributed by atoms with Gasteiger partial charge in [-0.05, 0) is 42.3 Å². The lowest BCUT2D eigenvalue weighted by Crippen LogP contribution is -2.21. The summed E-state index contributed by atoms with van der Waals surface area (Å²) in [5.74, 6) is 0.00456. The molecule has 9 heteroatoms. The number of nitrogens with zero attached hydrogens (tertiary/aromatic N) is 2. The van der Waals surface area contributed by atoms with Crippen molar-refractivity contribution in [1.29, 1.82) is 5.26 Å². The second-order valence-electron chi connectivity index (χ2n) is 8.44. The first kappa shape index (κ1) is 25.3. The molecule has 3 aromatic carbocycles. The molecule has 0 saturated carbocycles. The Hall–Kier alpha value is -4.84. The van der Waals surface area contributed by atoms with Gasteiger partial charge in [-0.25, -0.2) is 4.79 Å². The van der Waals surface area contributed by atoms with Crippen LogP contribution in [0.2, 0.25) is 0 Å². The first-order chi connectivity index (χ1) is 17.9. The van der Waals surface area contributed by atoms with Crippen molar-refractivity contribution in [2.75, 3.05) is 6.61 Å². The summed E-state index contributed by atoms with van der Waals surface area (Å²) in [6.45, 7) is 2.75. The molecule has 0 aliphatic carbocycles.